The van der Waals surface area contributed by atoms with Crippen molar-refractivity contribution >= 4 is 15.9 Å². The van der Waals surface area contributed by atoms with Crippen LogP contribution in [-0.4, -0.2) is 15.5 Å². The molecule has 0 aliphatic carbocycles. The second-order valence-corrected chi connectivity index (χ2v) is 4.77. The topological polar surface area (TPSA) is 38.9 Å². The van der Waals surface area contributed by atoms with Crippen molar-refractivity contribution in [3.63, 3.8) is 0 Å². The van der Waals surface area contributed by atoms with Crippen molar-refractivity contribution in [2.24, 2.45) is 0 Å². The highest BCUT2D eigenvalue weighted by molar-refractivity contribution is 9.09. The van der Waals surface area contributed by atoms with E-state index in [-0.39, 0.29) is 0 Å². The molecule has 0 fully saturated rings. The molecule has 2 rings (SSSR count). The highest BCUT2D eigenvalue weighted by Gasteiger charge is 2.06. The normalized spacial score (nSPS) is 10.7. The van der Waals surface area contributed by atoms with Gasteiger partial charge < -0.3 is 4.42 Å². The number of aromatic nitrogens is 2. The van der Waals surface area contributed by atoms with Crippen LogP contribution in [0.25, 0.3) is 11.5 Å². The van der Waals surface area contributed by atoms with Gasteiger partial charge in [0.25, 0.3) is 0 Å². The molecule has 0 saturated carbocycles. The predicted molar refractivity (Wildman–Crippen MR) is 71.2 cm³/mol. The predicted octanol–water partition coefficient (Wildman–Crippen LogP) is 3.76. The van der Waals surface area contributed by atoms with Gasteiger partial charge >= 0.3 is 0 Å². The number of nitrogens with zero attached hydrogens (tertiary/aromatic N) is 2. The average Bonchev–Trinajstić information content (AvgIpc) is 2.77. The number of rotatable bonds is 5. The molecule has 0 N–H and O–H groups in total. The lowest BCUT2D eigenvalue weighted by Gasteiger charge is -2.01. The first-order valence-electron chi connectivity index (χ1n) is 5.75. The van der Waals surface area contributed by atoms with E-state index in [1.165, 1.54) is 18.4 Å². The van der Waals surface area contributed by atoms with Crippen molar-refractivity contribution < 1.29 is 4.42 Å². The Labute approximate surface area is 109 Å². The lowest BCUT2D eigenvalue weighted by Crippen LogP contribution is -1.87. The second kappa shape index (κ2) is 5.96. The minimum atomic E-state index is 0.602. The van der Waals surface area contributed by atoms with Crippen LogP contribution in [0.2, 0.25) is 0 Å². The van der Waals surface area contributed by atoms with E-state index in [0.717, 1.165) is 17.3 Å². The molecule has 0 spiro atoms. The third kappa shape index (κ3) is 3.40. The van der Waals surface area contributed by atoms with E-state index in [0.29, 0.717) is 11.8 Å². The maximum atomic E-state index is 5.42. The first-order valence-corrected chi connectivity index (χ1v) is 6.87. The fraction of sp³-hybridized carbons (Fsp3) is 0.385. The van der Waals surface area contributed by atoms with Gasteiger partial charge in [-0.3, -0.25) is 0 Å². The molecule has 17 heavy (non-hydrogen) atoms. The SMILES string of the molecule is Cc1nnc(-c2cccc(CCCCBr)c2)o1. The molecular formula is C13H15BrN2O. The van der Waals surface area contributed by atoms with E-state index in [2.05, 4.69) is 38.3 Å². The Bertz CT molecular complexity index is 482. The standard InChI is InChI=1S/C13H15BrN2O/c1-10-15-16-13(17-10)12-7-4-6-11(9-12)5-2-3-8-14/h4,6-7,9H,2-3,5,8H2,1H3. The summed E-state index contributed by atoms with van der Waals surface area (Å²) in [5, 5.41) is 8.94. The number of aryl methyl sites for hydroxylation is 2. The summed E-state index contributed by atoms with van der Waals surface area (Å²) in [5.74, 6) is 1.20. The molecule has 0 amide bonds. The summed E-state index contributed by atoms with van der Waals surface area (Å²) in [6, 6.07) is 8.31. The zero-order valence-electron chi connectivity index (χ0n) is 9.82. The minimum absolute atomic E-state index is 0.602. The highest BCUT2D eigenvalue weighted by Crippen LogP contribution is 2.19. The molecule has 0 unspecified atom stereocenters. The highest BCUT2D eigenvalue weighted by atomic mass is 79.9. The maximum Gasteiger partial charge on any atom is 0.247 e. The van der Waals surface area contributed by atoms with Crippen molar-refractivity contribution in [2.45, 2.75) is 26.2 Å². The quantitative estimate of drug-likeness (QED) is 0.622. The van der Waals surface area contributed by atoms with E-state index in [1.54, 1.807) is 6.92 Å². The summed E-state index contributed by atoms with van der Waals surface area (Å²) in [6.07, 6.45) is 3.48. The second-order valence-electron chi connectivity index (χ2n) is 3.97. The van der Waals surface area contributed by atoms with E-state index < -0.39 is 0 Å². The lowest BCUT2D eigenvalue weighted by molar-refractivity contribution is 0.532. The molecule has 4 heteroatoms. The van der Waals surface area contributed by atoms with Crippen molar-refractivity contribution in [3.05, 3.63) is 35.7 Å². The van der Waals surface area contributed by atoms with Gasteiger partial charge in [0.15, 0.2) is 0 Å². The Morgan fingerprint density at radius 2 is 2.12 bits per heavy atom. The van der Waals surface area contributed by atoms with Gasteiger partial charge in [0.05, 0.1) is 0 Å². The van der Waals surface area contributed by atoms with Crippen molar-refractivity contribution in [2.75, 3.05) is 5.33 Å². The van der Waals surface area contributed by atoms with Crippen molar-refractivity contribution in [1.82, 2.24) is 10.2 Å². The molecule has 0 radical (unpaired) electrons. The lowest BCUT2D eigenvalue weighted by atomic mass is 10.1. The monoisotopic (exact) mass is 294 g/mol. The molecule has 3 nitrogen and oxygen atoms in total. The number of hydrogen-bond donors (Lipinski definition) is 0. The van der Waals surface area contributed by atoms with Gasteiger partial charge in [-0.25, -0.2) is 0 Å². The van der Waals surface area contributed by atoms with E-state index in [1.807, 2.05) is 12.1 Å². The summed E-state index contributed by atoms with van der Waals surface area (Å²) in [7, 11) is 0. The van der Waals surface area contributed by atoms with Crippen LogP contribution in [0.15, 0.2) is 28.7 Å². The molecule has 1 aromatic heterocycles. The van der Waals surface area contributed by atoms with Crippen LogP contribution in [0.3, 0.4) is 0 Å². The summed E-state index contributed by atoms with van der Waals surface area (Å²) >= 11 is 3.44. The summed E-state index contributed by atoms with van der Waals surface area (Å²) in [5.41, 5.74) is 2.32. The number of halogens is 1. The Morgan fingerprint density at radius 1 is 1.24 bits per heavy atom. The van der Waals surface area contributed by atoms with Crippen LogP contribution in [0.5, 0.6) is 0 Å². The van der Waals surface area contributed by atoms with Crippen molar-refractivity contribution in [3.8, 4) is 11.5 Å². The molecular weight excluding hydrogens is 280 g/mol. The van der Waals surface area contributed by atoms with Gasteiger partial charge in [-0.15, -0.1) is 10.2 Å². The molecule has 0 bridgehead atoms. The fourth-order valence-electron chi connectivity index (χ4n) is 1.70. The number of hydrogen-bond acceptors (Lipinski definition) is 3. The molecule has 1 aromatic carbocycles. The maximum absolute atomic E-state index is 5.42. The largest absolute Gasteiger partial charge is 0.421 e. The number of benzene rings is 1. The van der Waals surface area contributed by atoms with Crippen LogP contribution in [-0.2, 0) is 6.42 Å². The van der Waals surface area contributed by atoms with Crippen molar-refractivity contribution in [1.29, 1.82) is 0 Å². The van der Waals surface area contributed by atoms with Crippen LogP contribution in [0.1, 0.15) is 24.3 Å². The Kier molecular flexibility index (Phi) is 4.31. The van der Waals surface area contributed by atoms with Gasteiger partial charge in [0.2, 0.25) is 11.8 Å². The molecule has 1 heterocycles. The summed E-state index contributed by atoms with van der Waals surface area (Å²) in [6.45, 7) is 1.80. The molecule has 0 aliphatic heterocycles. The van der Waals surface area contributed by atoms with Crippen LogP contribution in [0, 0.1) is 6.92 Å². The van der Waals surface area contributed by atoms with Gasteiger partial charge in [-0.1, -0.05) is 28.1 Å². The molecule has 0 atom stereocenters. The van der Waals surface area contributed by atoms with Gasteiger partial charge in [0.1, 0.15) is 0 Å². The smallest absolute Gasteiger partial charge is 0.247 e. The number of alkyl halides is 1. The Morgan fingerprint density at radius 3 is 2.82 bits per heavy atom. The van der Waals surface area contributed by atoms with E-state index in [9.17, 15) is 0 Å². The molecule has 90 valence electrons. The molecule has 0 aliphatic rings. The molecule has 2 aromatic rings. The fourth-order valence-corrected chi connectivity index (χ4v) is 2.09. The average molecular weight is 295 g/mol. The third-order valence-corrected chi connectivity index (χ3v) is 3.11. The van der Waals surface area contributed by atoms with Gasteiger partial charge in [-0.2, -0.15) is 0 Å². The minimum Gasteiger partial charge on any atom is -0.421 e. The first kappa shape index (κ1) is 12.3. The first-order chi connectivity index (χ1) is 8.29. The zero-order chi connectivity index (χ0) is 12.1. The van der Waals surface area contributed by atoms with E-state index >= 15 is 0 Å². The Balaban J connectivity index is 2.11. The van der Waals surface area contributed by atoms with Gasteiger partial charge in [0, 0.05) is 17.8 Å². The van der Waals surface area contributed by atoms with Crippen LogP contribution >= 0.6 is 15.9 Å². The summed E-state index contributed by atoms with van der Waals surface area (Å²) < 4.78 is 5.42. The van der Waals surface area contributed by atoms with Gasteiger partial charge in [-0.05, 0) is 37.0 Å². The Hall–Kier alpha value is -1.16. The van der Waals surface area contributed by atoms with Crippen LogP contribution < -0.4 is 0 Å². The third-order valence-electron chi connectivity index (χ3n) is 2.55. The molecule has 0 saturated heterocycles. The van der Waals surface area contributed by atoms with E-state index in [4.69, 9.17) is 4.42 Å². The zero-order valence-corrected chi connectivity index (χ0v) is 11.4. The van der Waals surface area contributed by atoms with Crippen LogP contribution in [0.4, 0.5) is 0 Å². The summed E-state index contributed by atoms with van der Waals surface area (Å²) in [4.78, 5) is 0. The number of unbranched alkanes of at least 4 members (excludes halogenated alkanes) is 1.